The zero-order valence-electron chi connectivity index (χ0n) is 9.53. The van der Waals surface area contributed by atoms with Crippen LogP contribution in [0.15, 0.2) is 16.6 Å². The van der Waals surface area contributed by atoms with E-state index in [1.54, 1.807) is 6.07 Å². The van der Waals surface area contributed by atoms with Crippen molar-refractivity contribution < 1.29 is 9.72 Å². The summed E-state index contributed by atoms with van der Waals surface area (Å²) < 4.78 is 0.587. The van der Waals surface area contributed by atoms with E-state index in [2.05, 4.69) is 21.2 Å². The van der Waals surface area contributed by atoms with Crippen molar-refractivity contribution in [3.05, 3.63) is 32.3 Å². The smallest absolute Gasteiger partial charge is 0.271 e. The van der Waals surface area contributed by atoms with Crippen LogP contribution in [0, 0.1) is 10.1 Å². The van der Waals surface area contributed by atoms with Crippen LogP contribution < -0.4 is 5.32 Å². The zero-order chi connectivity index (χ0) is 12.9. The largest absolute Gasteiger partial charge is 0.324 e. The first-order valence-electron chi connectivity index (χ1n) is 5.84. The molecule has 0 saturated heterocycles. The van der Waals surface area contributed by atoms with Crippen LogP contribution in [0.25, 0.3) is 0 Å². The molecule has 3 rings (SSSR count). The van der Waals surface area contributed by atoms with Crippen molar-refractivity contribution in [3.63, 3.8) is 0 Å². The predicted octanol–water partition coefficient (Wildman–Crippen LogP) is 3.12. The Morgan fingerprint density at radius 3 is 2.61 bits per heavy atom. The van der Waals surface area contributed by atoms with E-state index in [9.17, 15) is 14.9 Å². The number of benzene rings is 1. The molecule has 0 unspecified atom stereocenters. The number of rotatable bonds is 1. The Labute approximate surface area is 112 Å². The predicted molar refractivity (Wildman–Crippen MR) is 69.6 cm³/mol. The van der Waals surface area contributed by atoms with E-state index in [1.165, 1.54) is 6.07 Å². The Balaban J connectivity index is 2.22. The highest BCUT2D eigenvalue weighted by molar-refractivity contribution is 9.10. The van der Waals surface area contributed by atoms with Gasteiger partial charge in [0, 0.05) is 16.6 Å². The Kier molecular flexibility index (Phi) is 2.45. The van der Waals surface area contributed by atoms with E-state index < -0.39 is 10.3 Å². The summed E-state index contributed by atoms with van der Waals surface area (Å²) in [7, 11) is 0. The van der Waals surface area contributed by atoms with Crippen molar-refractivity contribution in [2.24, 2.45) is 0 Å². The highest BCUT2D eigenvalue weighted by Crippen LogP contribution is 2.51. The number of carbonyl (C=O) groups is 1. The molecule has 1 heterocycles. The molecular weight excluding hydrogens is 300 g/mol. The van der Waals surface area contributed by atoms with Crippen molar-refractivity contribution in [1.82, 2.24) is 0 Å². The minimum absolute atomic E-state index is 0.0174. The van der Waals surface area contributed by atoms with Crippen LogP contribution in [0.5, 0.6) is 0 Å². The van der Waals surface area contributed by atoms with Gasteiger partial charge < -0.3 is 5.32 Å². The molecule has 1 fully saturated rings. The lowest BCUT2D eigenvalue weighted by Crippen LogP contribution is -2.30. The van der Waals surface area contributed by atoms with Crippen molar-refractivity contribution in [2.75, 3.05) is 5.32 Å². The molecule has 18 heavy (non-hydrogen) atoms. The molecule has 94 valence electrons. The van der Waals surface area contributed by atoms with Crippen LogP contribution in [0.1, 0.15) is 31.2 Å². The minimum atomic E-state index is -0.538. The molecule has 6 heteroatoms. The number of hydrogen-bond donors (Lipinski definition) is 1. The Hall–Kier alpha value is -1.43. The van der Waals surface area contributed by atoms with Crippen LogP contribution in [0.4, 0.5) is 11.4 Å². The topological polar surface area (TPSA) is 72.2 Å². The van der Waals surface area contributed by atoms with Crippen molar-refractivity contribution >= 4 is 33.2 Å². The number of nitro benzene ring substituents is 1. The molecule has 5 nitrogen and oxygen atoms in total. The van der Waals surface area contributed by atoms with E-state index >= 15 is 0 Å². The summed E-state index contributed by atoms with van der Waals surface area (Å²) in [6, 6.07) is 2.98. The lowest BCUT2D eigenvalue weighted by atomic mass is 9.80. The van der Waals surface area contributed by atoms with Gasteiger partial charge in [0.25, 0.3) is 5.69 Å². The number of halogens is 1. The van der Waals surface area contributed by atoms with Crippen LogP contribution in [0.2, 0.25) is 0 Å². The SMILES string of the molecule is O=C1Nc2c(Br)cc([N+](=O)[O-])cc2C12CCCC2. The molecule has 1 N–H and O–H groups in total. The third kappa shape index (κ3) is 1.41. The van der Waals surface area contributed by atoms with Gasteiger partial charge >= 0.3 is 0 Å². The Morgan fingerprint density at radius 1 is 1.33 bits per heavy atom. The van der Waals surface area contributed by atoms with Crippen LogP contribution in [-0.4, -0.2) is 10.8 Å². The first-order valence-corrected chi connectivity index (χ1v) is 6.64. The monoisotopic (exact) mass is 310 g/mol. The van der Waals surface area contributed by atoms with Gasteiger partial charge in [0.15, 0.2) is 0 Å². The molecule has 1 spiro atoms. The van der Waals surface area contributed by atoms with Crippen molar-refractivity contribution in [3.8, 4) is 0 Å². The summed E-state index contributed by atoms with van der Waals surface area (Å²) in [6.45, 7) is 0. The van der Waals surface area contributed by atoms with Crippen molar-refractivity contribution in [1.29, 1.82) is 0 Å². The van der Waals surface area contributed by atoms with Gasteiger partial charge in [-0.15, -0.1) is 0 Å². The molecule has 1 saturated carbocycles. The van der Waals surface area contributed by atoms with Gasteiger partial charge in [0.2, 0.25) is 5.91 Å². The number of anilines is 1. The summed E-state index contributed by atoms with van der Waals surface area (Å²) in [5.74, 6) is -0.0174. The third-order valence-electron chi connectivity index (χ3n) is 3.93. The molecule has 0 radical (unpaired) electrons. The lowest BCUT2D eigenvalue weighted by Gasteiger charge is -2.20. The van der Waals surface area contributed by atoms with E-state index in [4.69, 9.17) is 0 Å². The number of amides is 1. The van der Waals surface area contributed by atoms with Crippen LogP contribution >= 0.6 is 15.9 Å². The van der Waals surface area contributed by atoms with Gasteiger partial charge in [-0.25, -0.2) is 0 Å². The number of hydrogen-bond acceptors (Lipinski definition) is 3. The molecule has 2 aliphatic rings. The van der Waals surface area contributed by atoms with Crippen molar-refractivity contribution in [2.45, 2.75) is 31.1 Å². The van der Waals surface area contributed by atoms with Gasteiger partial charge in [-0.3, -0.25) is 14.9 Å². The van der Waals surface area contributed by atoms with Gasteiger partial charge in [0.1, 0.15) is 0 Å². The van der Waals surface area contributed by atoms with Crippen LogP contribution in [0.3, 0.4) is 0 Å². The first-order chi connectivity index (χ1) is 8.54. The molecule has 1 aromatic carbocycles. The van der Waals surface area contributed by atoms with E-state index in [0.717, 1.165) is 31.2 Å². The molecule has 1 aromatic rings. The molecule has 1 amide bonds. The number of nitrogens with one attached hydrogen (secondary N) is 1. The molecule has 1 aliphatic carbocycles. The molecule has 0 atom stereocenters. The quantitative estimate of drug-likeness (QED) is 0.640. The Morgan fingerprint density at radius 2 is 2.00 bits per heavy atom. The second-order valence-electron chi connectivity index (χ2n) is 4.85. The van der Waals surface area contributed by atoms with Gasteiger partial charge in [-0.05, 0) is 34.3 Å². The number of carbonyl (C=O) groups excluding carboxylic acids is 1. The third-order valence-corrected chi connectivity index (χ3v) is 4.56. The first kappa shape index (κ1) is 11.6. The minimum Gasteiger partial charge on any atom is -0.324 e. The molecular formula is C12H11BrN2O3. The standard InChI is InChI=1S/C12H11BrN2O3/c13-9-6-7(15(17)18)5-8-10(9)14-11(16)12(8)3-1-2-4-12/h5-6H,1-4H2,(H,14,16). The maximum Gasteiger partial charge on any atom is 0.271 e. The fraction of sp³-hybridized carbons (Fsp3) is 0.417. The van der Waals surface area contributed by atoms with E-state index in [0.29, 0.717) is 10.2 Å². The number of nitro groups is 1. The second-order valence-corrected chi connectivity index (χ2v) is 5.70. The van der Waals surface area contributed by atoms with Crippen LogP contribution in [-0.2, 0) is 10.2 Å². The Bertz CT molecular complexity index is 565. The highest BCUT2D eigenvalue weighted by atomic mass is 79.9. The molecule has 0 bridgehead atoms. The summed E-state index contributed by atoms with van der Waals surface area (Å²) in [4.78, 5) is 22.7. The lowest BCUT2D eigenvalue weighted by molar-refractivity contribution is -0.385. The summed E-state index contributed by atoms with van der Waals surface area (Å²) in [6.07, 6.45) is 3.54. The maximum absolute atomic E-state index is 12.2. The summed E-state index contributed by atoms with van der Waals surface area (Å²) in [5, 5.41) is 13.8. The fourth-order valence-electron chi connectivity index (χ4n) is 3.03. The second kappa shape index (κ2) is 3.78. The molecule has 0 aromatic heterocycles. The van der Waals surface area contributed by atoms with E-state index in [1.807, 2.05) is 0 Å². The summed E-state index contributed by atoms with van der Waals surface area (Å²) in [5.41, 5.74) is 0.978. The van der Waals surface area contributed by atoms with Gasteiger partial charge in [-0.2, -0.15) is 0 Å². The van der Waals surface area contributed by atoms with Gasteiger partial charge in [-0.1, -0.05) is 12.8 Å². The average molecular weight is 311 g/mol. The highest BCUT2D eigenvalue weighted by Gasteiger charge is 2.49. The fourth-order valence-corrected chi connectivity index (χ4v) is 3.58. The average Bonchev–Trinajstić information content (AvgIpc) is 2.90. The normalized spacial score (nSPS) is 19.9. The summed E-state index contributed by atoms with van der Waals surface area (Å²) >= 11 is 3.31. The number of nitrogens with zero attached hydrogens (tertiary/aromatic N) is 1. The maximum atomic E-state index is 12.2. The molecule has 1 aliphatic heterocycles. The number of fused-ring (bicyclic) bond motifs is 2. The number of non-ortho nitro benzene ring substituents is 1. The van der Waals surface area contributed by atoms with E-state index in [-0.39, 0.29) is 11.6 Å². The zero-order valence-corrected chi connectivity index (χ0v) is 11.1. The van der Waals surface area contributed by atoms with Gasteiger partial charge in [0.05, 0.1) is 16.0 Å².